The van der Waals surface area contributed by atoms with E-state index in [1.807, 2.05) is 0 Å². The van der Waals surface area contributed by atoms with Gasteiger partial charge in [0.2, 0.25) is 11.8 Å². The van der Waals surface area contributed by atoms with Crippen molar-refractivity contribution in [3.63, 3.8) is 0 Å². The summed E-state index contributed by atoms with van der Waals surface area (Å²) in [5, 5.41) is 0. The van der Waals surface area contributed by atoms with E-state index in [1.165, 1.54) is 0 Å². The third kappa shape index (κ3) is 0.869. The first-order chi connectivity index (χ1) is 7.27. The van der Waals surface area contributed by atoms with E-state index in [0.717, 1.165) is 25.7 Å². The molecule has 2 bridgehead atoms. The third-order valence-electron chi connectivity index (χ3n) is 4.23. The van der Waals surface area contributed by atoms with Gasteiger partial charge in [0.1, 0.15) is 0 Å². The number of fused-ring (bicyclic) bond motifs is 5. The molecule has 3 heterocycles. The fraction of sp³-hybridized carbons (Fsp3) is 0.818. The van der Waals surface area contributed by atoms with Crippen molar-refractivity contribution >= 4 is 11.8 Å². The lowest BCUT2D eigenvalue weighted by atomic mass is 9.81. The normalized spacial score (nSPS) is 47.9. The molecule has 1 saturated carbocycles. The maximum Gasteiger partial charge on any atom is 0.236 e. The standard InChI is InChI=1S/C11H13NO3/c13-10-8-6-3-4-7(15-6)9(8)11(14)12(10)5-1-2-5/h5-9H,1-4H2/t6-,7-,8-,9+/m0/s1. The first-order valence-electron chi connectivity index (χ1n) is 5.80. The van der Waals surface area contributed by atoms with Crippen LogP contribution in [0.5, 0.6) is 0 Å². The van der Waals surface area contributed by atoms with Gasteiger partial charge >= 0.3 is 0 Å². The van der Waals surface area contributed by atoms with E-state index in [0.29, 0.717) is 0 Å². The SMILES string of the molecule is O=C1[C@@H]2[C@H](C(=O)N1C1CC1)[C@@H]1CC[C@@H]2O1. The molecule has 0 radical (unpaired) electrons. The first kappa shape index (κ1) is 8.28. The highest BCUT2D eigenvalue weighted by Gasteiger charge is 2.64. The average Bonchev–Trinajstić information content (AvgIpc) is 2.75. The minimum absolute atomic E-state index is 0.0419. The number of carbonyl (C=O) groups excluding carboxylic acids is 2. The van der Waals surface area contributed by atoms with Gasteiger partial charge < -0.3 is 4.74 Å². The van der Waals surface area contributed by atoms with Crippen molar-refractivity contribution in [1.82, 2.24) is 4.90 Å². The van der Waals surface area contributed by atoms with Crippen LogP contribution < -0.4 is 0 Å². The molecule has 3 aliphatic heterocycles. The Hall–Kier alpha value is -0.900. The van der Waals surface area contributed by atoms with Crippen molar-refractivity contribution in [2.24, 2.45) is 11.8 Å². The van der Waals surface area contributed by atoms with Crippen molar-refractivity contribution in [2.45, 2.75) is 43.9 Å². The lowest BCUT2D eigenvalue weighted by Gasteiger charge is -2.16. The Kier molecular flexibility index (Phi) is 1.34. The molecule has 4 fully saturated rings. The van der Waals surface area contributed by atoms with Gasteiger partial charge in [0.25, 0.3) is 0 Å². The summed E-state index contributed by atoms with van der Waals surface area (Å²) in [6.07, 6.45) is 4.02. The predicted octanol–water partition coefficient (Wildman–Crippen LogP) is 0.311. The van der Waals surface area contributed by atoms with Crippen molar-refractivity contribution in [3.05, 3.63) is 0 Å². The quantitative estimate of drug-likeness (QED) is 0.581. The Morgan fingerprint density at radius 2 is 1.47 bits per heavy atom. The maximum atomic E-state index is 12.1. The molecular weight excluding hydrogens is 194 g/mol. The van der Waals surface area contributed by atoms with Crippen LogP contribution in [0.15, 0.2) is 0 Å². The van der Waals surface area contributed by atoms with E-state index in [9.17, 15) is 9.59 Å². The van der Waals surface area contributed by atoms with Gasteiger partial charge in [-0.15, -0.1) is 0 Å². The molecule has 4 aliphatic rings. The molecule has 0 aromatic heterocycles. The van der Waals surface area contributed by atoms with Crippen LogP contribution in [0, 0.1) is 11.8 Å². The summed E-state index contributed by atoms with van der Waals surface area (Å²) in [6.45, 7) is 0. The Balaban J connectivity index is 1.74. The molecule has 0 aromatic rings. The second kappa shape index (κ2) is 2.43. The van der Waals surface area contributed by atoms with Gasteiger partial charge in [-0.3, -0.25) is 14.5 Å². The van der Waals surface area contributed by atoms with Crippen LogP contribution in [0.4, 0.5) is 0 Å². The highest BCUT2D eigenvalue weighted by molar-refractivity contribution is 6.06. The van der Waals surface area contributed by atoms with Gasteiger partial charge in [-0.25, -0.2) is 0 Å². The fourth-order valence-corrected chi connectivity index (χ4v) is 3.43. The van der Waals surface area contributed by atoms with Gasteiger partial charge in [-0.1, -0.05) is 0 Å². The van der Waals surface area contributed by atoms with E-state index in [-0.39, 0.29) is 41.9 Å². The Labute approximate surface area is 87.6 Å². The van der Waals surface area contributed by atoms with Crippen molar-refractivity contribution < 1.29 is 14.3 Å². The van der Waals surface area contributed by atoms with Gasteiger partial charge in [-0.2, -0.15) is 0 Å². The van der Waals surface area contributed by atoms with Crippen molar-refractivity contribution in [3.8, 4) is 0 Å². The largest absolute Gasteiger partial charge is 0.373 e. The number of likely N-dealkylation sites (tertiary alicyclic amines) is 1. The van der Waals surface area contributed by atoms with E-state index in [2.05, 4.69) is 0 Å². The number of hydrogen-bond acceptors (Lipinski definition) is 3. The molecule has 80 valence electrons. The van der Waals surface area contributed by atoms with Gasteiger partial charge in [0.15, 0.2) is 0 Å². The number of amides is 2. The highest BCUT2D eigenvalue weighted by atomic mass is 16.5. The molecule has 4 atom stereocenters. The zero-order valence-electron chi connectivity index (χ0n) is 8.39. The average molecular weight is 207 g/mol. The Bertz CT molecular complexity index is 335. The van der Waals surface area contributed by atoms with Gasteiger partial charge in [0, 0.05) is 6.04 Å². The molecule has 4 heteroatoms. The van der Waals surface area contributed by atoms with E-state index in [4.69, 9.17) is 4.74 Å². The van der Waals surface area contributed by atoms with Crippen molar-refractivity contribution in [1.29, 1.82) is 0 Å². The number of hydrogen-bond donors (Lipinski definition) is 0. The molecule has 2 amide bonds. The second-order valence-corrected chi connectivity index (χ2v) is 5.12. The summed E-state index contributed by atoms with van der Waals surface area (Å²) in [5.74, 6) is -0.145. The topological polar surface area (TPSA) is 46.6 Å². The summed E-state index contributed by atoms with van der Waals surface area (Å²) in [4.78, 5) is 25.7. The van der Waals surface area contributed by atoms with Crippen LogP contribution >= 0.6 is 0 Å². The molecule has 15 heavy (non-hydrogen) atoms. The Morgan fingerprint density at radius 1 is 0.933 bits per heavy atom. The molecular formula is C11H13NO3. The van der Waals surface area contributed by atoms with Gasteiger partial charge in [-0.05, 0) is 25.7 Å². The van der Waals surface area contributed by atoms with Gasteiger partial charge in [0.05, 0.1) is 24.0 Å². The number of ether oxygens (including phenoxy) is 1. The van der Waals surface area contributed by atoms with Crippen molar-refractivity contribution in [2.75, 3.05) is 0 Å². The van der Waals surface area contributed by atoms with Crippen LogP contribution in [0.1, 0.15) is 25.7 Å². The zero-order chi connectivity index (χ0) is 10.2. The lowest BCUT2D eigenvalue weighted by molar-refractivity contribution is -0.143. The van der Waals surface area contributed by atoms with E-state index < -0.39 is 0 Å². The first-order valence-corrected chi connectivity index (χ1v) is 5.80. The molecule has 0 aromatic carbocycles. The van der Waals surface area contributed by atoms with Crippen LogP contribution in [0.3, 0.4) is 0 Å². The smallest absolute Gasteiger partial charge is 0.236 e. The van der Waals surface area contributed by atoms with E-state index in [1.54, 1.807) is 4.90 Å². The minimum atomic E-state index is -0.128. The highest BCUT2D eigenvalue weighted by Crippen LogP contribution is 2.50. The number of imide groups is 1. The van der Waals surface area contributed by atoms with Crippen LogP contribution in [0.2, 0.25) is 0 Å². The fourth-order valence-electron chi connectivity index (χ4n) is 3.43. The molecule has 0 unspecified atom stereocenters. The maximum absolute atomic E-state index is 12.1. The molecule has 1 aliphatic carbocycles. The molecule has 4 nitrogen and oxygen atoms in total. The monoisotopic (exact) mass is 207 g/mol. The van der Waals surface area contributed by atoms with Crippen LogP contribution in [-0.2, 0) is 14.3 Å². The second-order valence-electron chi connectivity index (χ2n) is 5.12. The molecule has 4 rings (SSSR count). The summed E-state index contributed by atoms with van der Waals surface area (Å²) in [6, 6.07) is 0.231. The molecule has 0 spiro atoms. The number of nitrogens with zero attached hydrogens (tertiary/aromatic N) is 1. The minimum Gasteiger partial charge on any atom is -0.373 e. The predicted molar refractivity (Wildman–Crippen MR) is 49.8 cm³/mol. The lowest BCUT2D eigenvalue weighted by Crippen LogP contribution is -2.35. The molecule has 3 saturated heterocycles. The summed E-state index contributed by atoms with van der Waals surface area (Å²) < 4.78 is 5.66. The van der Waals surface area contributed by atoms with E-state index >= 15 is 0 Å². The summed E-state index contributed by atoms with van der Waals surface area (Å²) in [7, 11) is 0. The summed E-state index contributed by atoms with van der Waals surface area (Å²) in [5.41, 5.74) is 0. The molecule has 0 N–H and O–H groups in total. The summed E-state index contributed by atoms with van der Waals surface area (Å²) >= 11 is 0. The third-order valence-corrected chi connectivity index (χ3v) is 4.23. The number of carbonyl (C=O) groups is 2. The zero-order valence-corrected chi connectivity index (χ0v) is 8.39. The Morgan fingerprint density at radius 3 is 1.93 bits per heavy atom. The van der Waals surface area contributed by atoms with Crippen LogP contribution in [-0.4, -0.2) is 35.0 Å². The number of rotatable bonds is 1. The van der Waals surface area contributed by atoms with Crippen LogP contribution in [0.25, 0.3) is 0 Å².